The highest BCUT2D eigenvalue weighted by molar-refractivity contribution is 7.92. The largest absolute Gasteiger partial charge is 0.357 e. The van der Waals surface area contributed by atoms with Crippen molar-refractivity contribution >= 4 is 27.5 Å². The quantitative estimate of drug-likeness (QED) is 0.438. The van der Waals surface area contributed by atoms with E-state index < -0.39 is 40.2 Å². The minimum atomic E-state index is -3.84. The van der Waals surface area contributed by atoms with Crippen molar-refractivity contribution in [2.75, 3.05) is 24.2 Å². The van der Waals surface area contributed by atoms with E-state index in [2.05, 4.69) is 5.32 Å². The summed E-state index contributed by atoms with van der Waals surface area (Å²) in [7, 11) is -2.36. The van der Waals surface area contributed by atoms with Crippen LogP contribution in [0.5, 0.6) is 0 Å². The van der Waals surface area contributed by atoms with Crippen LogP contribution in [-0.2, 0) is 32.6 Å². The van der Waals surface area contributed by atoms with Crippen molar-refractivity contribution in [2.24, 2.45) is 0 Å². The van der Waals surface area contributed by atoms with E-state index in [1.165, 1.54) is 24.1 Å². The van der Waals surface area contributed by atoms with Crippen molar-refractivity contribution in [3.63, 3.8) is 0 Å². The number of likely N-dealkylation sites (N-methyl/N-ethyl adjacent to an activating group) is 1. The van der Waals surface area contributed by atoms with E-state index in [1.807, 2.05) is 36.4 Å². The molecular weight excluding hydrogens is 493 g/mol. The van der Waals surface area contributed by atoms with Gasteiger partial charge in [0.2, 0.25) is 21.8 Å². The molecule has 196 valence electrons. The Morgan fingerprint density at radius 3 is 2.03 bits per heavy atom. The highest BCUT2D eigenvalue weighted by atomic mass is 32.2. The minimum Gasteiger partial charge on any atom is -0.357 e. The van der Waals surface area contributed by atoms with Crippen LogP contribution in [0.25, 0.3) is 0 Å². The van der Waals surface area contributed by atoms with Crippen molar-refractivity contribution in [2.45, 2.75) is 32.9 Å². The zero-order chi connectivity index (χ0) is 27.2. The van der Waals surface area contributed by atoms with Crippen LogP contribution in [0.2, 0.25) is 0 Å². The Morgan fingerprint density at radius 2 is 1.49 bits per heavy atom. The lowest BCUT2D eigenvalue weighted by Gasteiger charge is -2.34. The molecule has 3 aromatic rings. The smallest absolute Gasteiger partial charge is 0.244 e. The first-order valence-corrected chi connectivity index (χ1v) is 13.7. The number of hydrogen-bond acceptors (Lipinski definition) is 4. The molecule has 0 aliphatic rings. The maximum atomic E-state index is 13.9. The van der Waals surface area contributed by atoms with Gasteiger partial charge in [-0.15, -0.1) is 0 Å². The Kier molecular flexibility index (Phi) is 9.04. The first-order valence-electron chi connectivity index (χ1n) is 11.8. The molecule has 0 unspecified atom stereocenters. The molecular formula is C28H32FN3O4S. The predicted octanol–water partition coefficient (Wildman–Crippen LogP) is 3.59. The number of nitrogens with one attached hydrogen (secondary N) is 1. The molecule has 0 heterocycles. The Balaban J connectivity index is 2.06. The average Bonchev–Trinajstić information content (AvgIpc) is 2.86. The van der Waals surface area contributed by atoms with Crippen LogP contribution in [0, 0.1) is 19.7 Å². The van der Waals surface area contributed by atoms with Gasteiger partial charge in [0.05, 0.1) is 11.9 Å². The van der Waals surface area contributed by atoms with E-state index in [0.717, 1.165) is 16.1 Å². The normalized spacial score (nSPS) is 12.0. The van der Waals surface area contributed by atoms with E-state index in [-0.39, 0.29) is 13.0 Å². The van der Waals surface area contributed by atoms with Crippen LogP contribution in [0.15, 0.2) is 72.8 Å². The molecule has 0 fully saturated rings. The van der Waals surface area contributed by atoms with Crippen LogP contribution in [-0.4, -0.2) is 51.0 Å². The lowest BCUT2D eigenvalue weighted by molar-refractivity contribution is -0.139. The molecule has 1 atom stereocenters. The molecule has 37 heavy (non-hydrogen) atoms. The number of carbonyl (C=O) groups is 2. The van der Waals surface area contributed by atoms with Crippen molar-refractivity contribution in [3.8, 4) is 0 Å². The predicted molar refractivity (Wildman–Crippen MR) is 143 cm³/mol. The molecule has 3 rings (SSSR count). The molecule has 7 nitrogen and oxygen atoms in total. The fourth-order valence-electron chi connectivity index (χ4n) is 4.28. The lowest BCUT2D eigenvalue weighted by Crippen LogP contribution is -2.53. The third-order valence-electron chi connectivity index (χ3n) is 6.15. The topological polar surface area (TPSA) is 86.8 Å². The summed E-state index contributed by atoms with van der Waals surface area (Å²) in [5, 5.41) is 2.62. The molecule has 0 aliphatic heterocycles. The Labute approximate surface area is 218 Å². The van der Waals surface area contributed by atoms with Gasteiger partial charge in [-0.25, -0.2) is 12.8 Å². The first-order chi connectivity index (χ1) is 17.5. The Bertz CT molecular complexity index is 1330. The fraction of sp³-hybridized carbons (Fsp3) is 0.286. The lowest BCUT2D eigenvalue weighted by atomic mass is 10.0. The monoisotopic (exact) mass is 525 g/mol. The highest BCUT2D eigenvalue weighted by Crippen LogP contribution is 2.27. The van der Waals surface area contributed by atoms with Gasteiger partial charge < -0.3 is 10.2 Å². The second-order valence-electron chi connectivity index (χ2n) is 8.98. The number of carbonyl (C=O) groups excluding carboxylic acids is 2. The van der Waals surface area contributed by atoms with Gasteiger partial charge in [0.25, 0.3) is 0 Å². The molecule has 0 aliphatic carbocycles. The van der Waals surface area contributed by atoms with Gasteiger partial charge in [-0.1, -0.05) is 60.7 Å². The zero-order valence-electron chi connectivity index (χ0n) is 21.4. The minimum absolute atomic E-state index is 0.00557. The zero-order valence-corrected chi connectivity index (χ0v) is 22.3. The van der Waals surface area contributed by atoms with Crippen LogP contribution in [0.4, 0.5) is 10.1 Å². The Morgan fingerprint density at radius 1 is 0.892 bits per heavy atom. The number of para-hydroxylation sites is 1. The number of hydrogen-bond donors (Lipinski definition) is 1. The van der Waals surface area contributed by atoms with Gasteiger partial charge >= 0.3 is 0 Å². The van der Waals surface area contributed by atoms with Crippen molar-refractivity contribution in [3.05, 3.63) is 101 Å². The molecule has 1 N–H and O–H groups in total. The van der Waals surface area contributed by atoms with E-state index >= 15 is 0 Å². The van der Waals surface area contributed by atoms with Crippen LogP contribution >= 0.6 is 0 Å². The summed E-state index contributed by atoms with van der Waals surface area (Å²) < 4.78 is 40.4. The fourth-order valence-corrected chi connectivity index (χ4v) is 5.25. The van der Waals surface area contributed by atoms with Crippen LogP contribution < -0.4 is 9.62 Å². The Hall–Kier alpha value is -3.72. The number of amides is 2. The summed E-state index contributed by atoms with van der Waals surface area (Å²) in [5.74, 6) is -1.37. The molecule has 0 spiro atoms. The van der Waals surface area contributed by atoms with Crippen molar-refractivity contribution in [1.29, 1.82) is 0 Å². The summed E-state index contributed by atoms with van der Waals surface area (Å²) in [6.45, 7) is 3.07. The third kappa shape index (κ3) is 7.16. The van der Waals surface area contributed by atoms with Crippen molar-refractivity contribution < 1.29 is 22.4 Å². The molecule has 0 aromatic heterocycles. The molecule has 2 amide bonds. The van der Waals surface area contributed by atoms with Gasteiger partial charge in [-0.3, -0.25) is 13.9 Å². The standard InChI is InChI=1S/C28H32FN3O4S/c1-20-9-8-10-21(2)27(20)32(37(4,35)36)19-26(33)31(18-23-13-15-24(29)16-14-23)25(28(34)30-3)17-22-11-6-5-7-12-22/h5-16,25H,17-19H2,1-4H3,(H,30,34)/t25-/m0/s1. The van der Waals surface area contributed by atoms with Crippen LogP contribution in [0.1, 0.15) is 22.3 Å². The number of anilines is 1. The number of benzene rings is 3. The van der Waals surface area contributed by atoms with E-state index in [0.29, 0.717) is 22.4 Å². The first kappa shape index (κ1) is 27.9. The summed E-state index contributed by atoms with van der Waals surface area (Å²) in [5.41, 5.74) is 3.28. The van der Waals surface area contributed by atoms with Crippen molar-refractivity contribution in [1.82, 2.24) is 10.2 Å². The molecule has 0 bridgehead atoms. The SMILES string of the molecule is CNC(=O)[C@H](Cc1ccccc1)N(Cc1ccc(F)cc1)C(=O)CN(c1c(C)cccc1C)S(C)(=O)=O. The summed E-state index contributed by atoms with van der Waals surface area (Å²) >= 11 is 0. The number of rotatable bonds is 10. The second kappa shape index (κ2) is 12.0. The van der Waals surface area contributed by atoms with Gasteiger partial charge in [0, 0.05) is 20.0 Å². The molecule has 3 aromatic carbocycles. The van der Waals surface area contributed by atoms with E-state index in [1.54, 1.807) is 38.1 Å². The van der Waals surface area contributed by atoms with Gasteiger partial charge in [0.15, 0.2) is 0 Å². The average molecular weight is 526 g/mol. The number of halogens is 1. The van der Waals surface area contributed by atoms with E-state index in [4.69, 9.17) is 0 Å². The summed E-state index contributed by atoms with van der Waals surface area (Å²) in [4.78, 5) is 28.3. The summed E-state index contributed by atoms with van der Waals surface area (Å²) in [6, 6.07) is 19.4. The summed E-state index contributed by atoms with van der Waals surface area (Å²) in [6.07, 6.45) is 1.27. The number of sulfonamides is 1. The second-order valence-corrected chi connectivity index (χ2v) is 10.9. The highest BCUT2D eigenvalue weighted by Gasteiger charge is 2.33. The number of aryl methyl sites for hydroxylation is 2. The molecule has 0 radical (unpaired) electrons. The molecule has 0 saturated heterocycles. The third-order valence-corrected chi connectivity index (χ3v) is 7.26. The maximum Gasteiger partial charge on any atom is 0.244 e. The van der Waals surface area contributed by atoms with Gasteiger partial charge in [0.1, 0.15) is 18.4 Å². The molecule has 0 saturated carbocycles. The van der Waals surface area contributed by atoms with Gasteiger partial charge in [-0.2, -0.15) is 0 Å². The maximum absolute atomic E-state index is 13.9. The van der Waals surface area contributed by atoms with Crippen LogP contribution in [0.3, 0.4) is 0 Å². The number of nitrogens with zero attached hydrogens (tertiary/aromatic N) is 2. The molecule has 9 heteroatoms. The van der Waals surface area contributed by atoms with E-state index in [9.17, 15) is 22.4 Å². The van der Waals surface area contributed by atoms with Gasteiger partial charge in [-0.05, 0) is 48.2 Å².